The first-order chi connectivity index (χ1) is 8.65. The van der Waals surface area contributed by atoms with Gasteiger partial charge in [-0.05, 0) is 37.0 Å². The minimum Gasteiger partial charge on any atom is -0.497 e. The van der Waals surface area contributed by atoms with Gasteiger partial charge >= 0.3 is 5.97 Å². The van der Waals surface area contributed by atoms with Crippen molar-refractivity contribution in [3.8, 4) is 11.5 Å². The Morgan fingerprint density at radius 2 is 2.11 bits per heavy atom. The number of ether oxygens (including phenoxy) is 2. The first kappa shape index (κ1) is 12.7. The lowest BCUT2D eigenvalue weighted by molar-refractivity contribution is -0.137. The Bertz CT molecular complexity index is 437. The number of aliphatic carboxylic acids is 1. The second-order valence-electron chi connectivity index (χ2n) is 4.65. The van der Waals surface area contributed by atoms with E-state index in [1.807, 2.05) is 18.2 Å². The predicted molar refractivity (Wildman–Crippen MR) is 67.3 cm³/mol. The van der Waals surface area contributed by atoms with Crippen LogP contribution in [0.15, 0.2) is 18.2 Å². The Balaban J connectivity index is 2.34. The average Bonchev–Trinajstić information content (AvgIpc) is 3.19. The third kappa shape index (κ3) is 2.75. The van der Waals surface area contributed by atoms with Crippen molar-refractivity contribution in [2.45, 2.75) is 25.2 Å². The van der Waals surface area contributed by atoms with E-state index in [0.29, 0.717) is 5.92 Å². The van der Waals surface area contributed by atoms with Gasteiger partial charge in [-0.25, -0.2) is 0 Å². The number of benzene rings is 1. The highest BCUT2D eigenvalue weighted by Crippen LogP contribution is 2.47. The van der Waals surface area contributed by atoms with Crippen LogP contribution in [0.3, 0.4) is 0 Å². The molecule has 1 aliphatic rings. The molecular weight excluding hydrogens is 232 g/mol. The lowest BCUT2D eigenvalue weighted by Crippen LogP contribution is -2.10. The van der Waals surface area contributed by atoms with Gasteiger partial charge in [0.15, 0.2) is 0 Å². The largest absolute Gasteiger partial charge is 0.497 e. The van der Waals surface area contributed by atoms with Crippen LogP contribution in [0, 0.1) is 5.92 Å². The van der Waals surface area contributed by atoms with Crippen molar-refractivity contribution in [2.75, 3.05) is 14.2 Å². The summed E-state index contributed by atoms with van der Waals surface area (Å²) in [7, 11) is 3.21. The van der Waals surface area contributed by atoms with Gasteiger partial charge in [-0.1, -0.05) is 0 Å². The Morgan fingerprint density at radius 3 is 2.61 bits per heavy atom. The molecule has 4 nitrogen and oxygen atoms in total. The van der Waals surface area contributed by atoms with Gasteiger partial charge in [-0.2, -0.15) is 0 Å². The van der Waals surface area contributed by atoms with Crippen molar-refractivity contribution >= 4 is 5.97 Å². The standard InChI is InChI=1S/C14H18O4/c1-17-10-5-6-13(18-2)12(7-10)11(8-14(15)16)9-3-4-9/h5-7,9,11H,3-4,8H2,1-2H3,(H,15,16). The van der Waals surface area contributed by atoms with Crippen LogP contribution < -0.4 is 9.47 Å². The molecule has 0 radical (unpaired) electrons. The van der Waals surface area contributed by atoms with Crippen molar-refractivity contribution in [1.29, 1.82) is 0 Å². The van der Waals surface area contributed by atoms with E-state index in [9.17, 15) is 4.79 Å². The van der Waals surface area contributed by atoms with Crippen LogP contribution in [0.1, 0.15) is 30.7 Å². The Labute approximate surface area is 107 Å². The van der Waals surface area contributed by atoms with Gasteiger partial charge < -0.3 is 14.6 Å². The zero-order chi connectivity index (χ0) is 13.1. The van der Waals surface area contributed by atoms with Crippen LogP contribution in [-0.4, -0.2) is 25.3 Å². The third-order valence-electron chi connectivity index (χ3n) is 3.42. The summed E-state index contributed by atoms with van der Waals surface area (Å²) in [5, 5.41) is 9.04. The fourth-order valence-corrected chi connectivity index (χ4v) is 2.35. The van der Waals surface area contributed by atoms with E-state index in [1.165, 1.54) is 0 Å². The quantitative estimate of drug-likeness (QED) is 0.843. The fourth-order valence-electron chi connectivity index (χ4n) is 2.35. The monoisotopic (exact) mass is 250 g/mol. The first-order valence-corrected chi connectivity index (χ1v) is 6.09. The molecule has 2 rings (SSSR count). The summed E-state index contributed by atoms with van der Waals surface area (Å²) in [5.41, 5.74) is 0.946. The van der Waals surface area contributed by atoms with Crippen LogP contribution in [-0.2, 0) is 4.79 Å². The van der Waals surface area contributed by atoms with E-state index in [2.05, 4.69) is 0 Å². The molecule has 1 atom stereocenters. The van der Waals surface area contributed by atoms with E-state index < -0.39 is 5.97 Å². The minimum atomic E-state index is -0.767. The molecular formula is C14H18O4. The molecule has 1 aromatic rings. The van der Waals surface area contributed by atoms with Gasteiger partial charge in [-0.3, -0.25) is 4.79 Å². The van der Waals surface area contributed by atoms with Crippen molar-refractivity contribution < 1.29 is 19.4 Å². The SMILES string of the molecule is COc1ccc(OC)c(C(CC(=O)O)C2CC2)c1. The second kappa shape index (κ2) is 5.29. The molecule has 0 aliphatic heterocycles. The average molecular weight is 250 g/mol. The molecule has 0 aromatic heterocycles. The maximum absolute atomic E-state index is 11.0. The maximum Gasteiger partial charge on any atom is 0.303 e. The zero-order valence-electron chi connectivity index (χ0n) is 10.7. The molecule has 0 bridgehead atoms. The van der Waals surface area contributed by atoms with Gasteiger partial charge in [0, 0.05) is 11.5 Å². The second-order valence-corrected chi connectivity index (χ2v) is 4.65. The molecule has 1 fully saturated rings. The van der Waals surface area contributed by atoms with Gasteiger partial charge in [0.25, 0.3) is 0 Å². The summed E-state index contributed by atoms with van der Waals surface area (Å²) in [4.78, 5) is 11.0. The molecule has 1 aromatic carbocycles. The molecule has 1 N–H and O–H groups in total. The molecule has 4 heteroatoms. The van der Waals surface area contributed by atoms with E-state index in [4.69, 9.17) is 14.6 Å². The summed E-state index contributed by atoms with van der Waals surface area (Å²) >= 11 is 0. The highest BCUT2D eigenvalue weighted by atomic mass is 16.5. The summed E-state index contributed by atoms with van der Waals surface area (Å²) in [5.74, 6) is 1.20. The summed E-state index contributed by atoms with van der Waals surface area (Å²) in [6.45, 7) is 0. The van der Waals surface area contributed by atoms with Gasteiger partial charge in [0.1, 0.15) is 11.5 Å². The third-order valence-corrected chi connectivity index (χ3v) is 3.42. The number of methoxy groups -OCH3 is 2. The summed E-state index contributed by atoms with van der Waals surface area (Å²) in [6.07, 6.45) is 2.34. The Hall–Kier alpha value is -1.71. The van der Waals surface area contributed by atoms with Crippen molar-refractivity contribution in [3.63, 3.8) is 0 Å². The molecule has 1 aliphatic carbocycles. The van der Waals surface area contributed by atoms with Gasteiger partial charge in [0.2, 0.25) is 0 Å². The first-order valence-electron chi connectivity index (χ1n) is 6.09. The zero-order valence-corrected chi connectivity index (χ0v) is 10.7. The molecule has 98 valence electrons. The number of carbonyl (C=O) groups is 1. The highest BCUT2D eigenvalue weighted by molar-refractivity contribution is 5.68. The molecule has 18 heavy (non-hydrogen) atoms. The highest BCUT2D eigenvalue weighted by Gasteiger charge is 2.35. The summed E-state index contributed by atoms with van der Waals surface area (Å²) in [6, 6.07) is 5.56. The molecule has 1 unspecified atom stereocenters. The smallest absolute Gasteiger partial charge is 0.303 e. The lowest BCUT2D eigenvalue weighted by Gasteiger charge is -2.18. The minimum absolute atomic E-state index is 0.0209. The number of rotatable bonds is 6. The van der Waals surface area contributed by atoms with Crippen molar-refractivity contribution in [2.24, 2.45) is 5.92 Å². The van der Waals surface area contributed by atoms with Crippen molar-refractivity contribution in [3.05, 3.63) is 23.8 Å². The van der Waals surface area contributed by atoms with Gasteiger partial charge in [-0.15, -0.1) is 0 Å². The number of carboxylic acid groups (broad SMARTS) is 1. The van der Waals surface area contributed by atoms with E-state index in [1.54, 1.807) is 14.2 Å². The van der Waals surface area contributed by atoms with Crippen LogP contribution in [0.25, 0.3) is 0 Å². The normalized spacial score (nSPS) is 16.1. The topological polar surface area (TPSA) is 55.8 Å². The Morgan fingerprint density at radius 1 is 1.39 bits per heavy atom. The lowest BCUT2D eigenvalue weighted by atomic mass is 9.90. The molecule has 0 spiro atoms. The van der Waals surface area contributed by atoms with E-state index in [-0.39, 0.29) is 12.3 Å². The van der Waals surface area contributed by atoms with E-state index >= 15 is 0 Å². The molecule has 0 saturated heterocycles. The number of carboxylic acids is 1. The van der Waals surface area contributed by atoms with Gasteiger partial charge in [0.05, 0.1) is 20.6 Å². The maximum atomic E-state index is 11.0. The van der Waals surface area contributed by atoms with Crippen LogP contribution in [0.4, 0.5) is 0 Å². The number of hydrogen-bond acceptors (Lipinski definition) is 3. The van der Waals surface area contributed by atoms with Crippen LogP contribution in [0.2, 0.25) is 0 Å². The molecule has 0 amide bonds. The predicted octanol–water partition coefficient (Wildman–Crippen LogP) is 2.67. The van der Waals surface area contributed by atoms with Crippen LogP contribution in [0.5, 0.6) is 11.5 Å². The molecule has 0 heterocycles. The Kier molecular flexibility index (Phi) is 3.75. The van der Waals surface area contributed by atoms with Crippen molar-refractivity contribution in [1.82, 2.24) is 0 Å². The number of hydrogen-bond donors (Lipinski definition) is 1. The van der Waals surface area contributed by atoms with Crippen LogP contribution >= 0.6 is 0 Å². The molecule has 1 saturated carbocycles. The summed E-state index contributed by atoms with van der Waals surface area (Å²) < 4.78 is 10.5. The van der Waals surface area contributed by atoms with E-state index in [0.717, 1.165) is 29.9 Å². The fraction of sp³-hybridized carbons (Fsp3) is 0.500.